The van der Waals surface area contributed by atoms with Gasteiger partial charge in [0.15, 0.2) is 0 Å². The van der Waals surface area contributed by atoms with Crippen LogP contribution in [0.2, 0.25) is 0 Å². The average molecular weight is 442 g/mol. The molecule has 4 aromatic rings. The first kappa shape index (κ1) is 20.5. The van der Waals surface area contributed by atoms with Gasteiger partial charge in [0, 0.05) is 29.1 Å². The van der Waals surface area contributed by atoms with Gasteiger partial charge in [-0.25, -0.2) is 4.98 Å². The van der Waals surface area contributed by atoms with E-state index in [2.05, 4.69) is 30.9 Å². The molecule has 0 saturated heterocycles. The molecule has 1 aliphatic carbocycles. The third-order valence-electron chi connectivity index (χ3n) is 5.27. The number of aromatic nitrogens is 5. The summed E-state index contributed by atoms with van der Waals surface area (Å²) in [5.41, 5.74) is 3.72. The first-order valence-electron chi connectivity index (χ1n) is 10.1. The number of hydrogen-bond acceptors (Lipinski definition) is 9. The maximum Gasteiger partial charge on any atom is 0.231 e. The van der Waals surface area contributed by atoms with Crippen LogP contribution in [-0.2, 0) is 16.2 Å². The van der Waals surface area contributed by atoms with Gasteiger partial charge in [0.2, 0.25) is 23.3 Å². The van der Waals surface area contributed by atoms with Crippen LogP contribution < -0.4 is 10.1 Å². The van der Waals surface area contributed by atoms with Crippen molar-refractivity contribution in [2.24, 2.45) is 0 Å². The van der Waals surface area contributed by atoms with Gasteiger partial charge in [-0.1, -0.05) is 30.3 Å². The van der Waals surface area contributed by atoms with Gasteiger partial charge in [0.05, 0.1) is 0 Å². The number of anilines is 1. The highest BCUT2D eigenvalue weighted by molar-refractivity contribution is 6.49. The maximum atomic E-state index is 11.8. The number of ketones is 2. The Morgan fingerprint density at radius 2 is 1.79 bits per heavy atom. The molecule has 0 radical (unpaired) electrons. The molecule has 0 aliphatic heterocycles. The number of aliphatic hydroxyl groups excluding tert-OH is 1. The quantitative estimate of drug-likeness (QED) is 0.365. The smallest absolute Gasteiger partial charge is 0.231 e. The molecule has 5 rings (SSSR count). The minimum absolute atomic E-state index is 0.354. The van der Waals surface area contributed by atoms with Crippen molar-refractivity contribution in [2.75, 3.05) is 5.32 Å². The largest absolute Gasteiger partial charge is 0.473 e. The lowest BCUT2D eigenvalue weighted by molar-refractivity contribution is -0.152. The predicted molar refractivity (Wildman–Crippen MR) is 117 cm³/mol. The Bertz CT molecular complexity index is 1290. The number of aliphatic hydroxyl groups is 1. The van der Waals surface area contributed by atoms with Gasteiger partial charge in [0.25, 0.3) is 0 Å². The van der Waals surface area contributed by atoms with Crippen molar-refractivity contribution in [3.63, 3.8) is 0 Å². The molecule has 1 aliphatic rings. The van der Waals surface area contributed by atoms with E-state index in [-0.39, 0.29) is 0 Å². The normalized spacial score (nSPS) is 17.5. The van der Waals surface area contributed by atoms with Crippen LogP contribution in [0.3, 0.4) is 0 Å². The Labute approximate surface area is 187 Å². The molecule has 1 saturated carbocycles. The zero-order valence-corrected chi connectivity index (χ0v) is 17.2. The second-order valence-electron chi connectivity index (χ2n) is 7.49. The highest BCUT2D eigenvalue weighted by atomic mass is 16.5. The van der Waals surface area contributed by atoms with Gasteiger partial charge < -0.3 is 15.2 Å². The summed E-state index contributed by atoms with van der Waals surface area (Å²) >= 11 is 0. The summed E-state index contributed by atoms with van der Waals surface area (Å²) in [6.07, 6.45) is 0.310. The van der Waals surface area contributed by atoms with Gasteiger partial charge in [-0.05, 0) is 40.6 Å². The van der Waals surface area contributed by atoms with Crippen LogP contribution in [0.25, 0.3) is 22.5 Å². The SMILES string of the molecule is O=C1C(=O)C(Nc2cc(-c3ccc(OCc4ccccc4)nc3)cc(-c3nn[nH]n3)c2)C1O. The van der Waals surface area contributed by atoms with Crippen LogP contribution in [0.1, 0.15) is 5.56 Å². The molecule has 10 heteroatoms. The number of carbonyl (C=O) groups is 2. The molecule has 0 spiro atoms. The van der Waals surface area contributed by atoms with Crippen LogP contribution in [0.4, 0.5) is 5.69 Å². The Hall–Kier alpha value is -4.44. The Kier molecular flexibility index (Phi) is 5.33. The zero-order chi connectivity index (χ0) is 22.8. The number of hydrogen-bond donors (Lipinski definition) is 3. The number of tetrazole rings is 1. The summed E-state index contributed by atoms with van der Waals surface area (Å²) in [4.78, 5) is 27.6. The molecule has 2 atom stereocenters. The molecule has 1 fully saturated rings. The van der Waals surface area contributed by atoms with E-state index >= 15 is 0 Å². The molecule has 2 unspecified atom stereocenters. The summed E-state index contributed by atoms with van der Waals surface area (Å²) in [6, 6.07) is 17.8. The van der Waals surface area contributed by atoms with Crippen LogP contribution in [0.5, 0.6) is 5.88 Å². The zero-order valence-electron chi connectivity index (χ0n) is 17.2. The number of ether oxygens (including phenoxy) is 1. The minimum atomic E-state index is -1.36. The number of H-pyrrole nitrogens is 1. The fourth-order valence-electron chi connectivity index (χ4n) is 3.48. The van der Waals surface area contributed by atoms with Crippen molar-refractivity contribution in [3.8, 4) is 28.4 Å². The second kappa shape index (κ2) is 8.60. The van der Waals surface area contributed by atoms with Crippen molar-refractivity contribution < 1.29 is 19.4 Å². The summed E-state index contributed by atoms with van der Waals surface area (Å²) < 4.78 is 5.74. The molecule has 2 heterocycles. The van der Waals surface area contributed by atoms with E-state index < -0.39 is 23.7 Å². The van der Waals surface area contributed by atoms with Crippen LogP contribution >= 0.6 is 0 Å². The molecule has 0 amide bonds. The lowest BCUT2D eigenvalue weighted by atomic mass is 9.85. The molecule has 33 heavy (non-hydrogen) atoms. The van der Waals surface area contributed by atoms with Crippen LogP contribution in [0.15, 0.2) is 66.9 Å². The van der Waals surface area contributed by atoms with Gasteiger partial charge in [-0.15, -0.1) is 10.2 Å². The third kappa shape index (κ3) is 4.19. The van der Waals surface area contributed by atoms with Gasteiger partial charge in [-0.2, -0.15) is 5.21 Å². The van der Waals surface area contributed by atoms with Gasteiger partial charge >= 0.3 is 0 Å². The molecular formula is C23H18N6O4. The van der Waals surface area contributed by atoms with E-state index in [1.54, 1.807) is 24.4 Å². The molecular weight excluding hydrogens is 424 g/mol. The number of Topliss-reactive ketones (excluding diaryl/α,β-unsaturated/α-hetero) is 2. The number of nitrogens with one attached hydrogen (secondary N) is 2. The molecule has 164 valence electrons. The van der Waals surface area contributed by atoms with Gasteiger partial charge in [0.1, 0.15) is 18.8 Å². The monoisotopic (exact) mass is 442 g/mol. The molecule has 3 N–H and O–H groups in total. The lowest BCUT2D eigenvalue weighted by Crippen LogP contribution is -2.61. The number of carbonyl (C=O) groups excluding carboxylic acids is 2. The van der Waals surface area contributed by atoms with Crippen LogP contribution in [-0.4, -0.2) is 54.4 Å². The number of nitrogens with zero attached hydrogens (tertiary/aromatic N) is 4. The molecule has 0 bridgehead atoms. The maximum absolute atomic E-state index is 11.8. The van der Waals surface area contributed by atoms with E-state index in [1.165, 1.54) is 0 Å². The third-order valence-corrected chi connectivity index (χ3v) is 5.27. The minimum Gasteiger partial charge on any atom is -0.473 e. The molecule has 2 aromatic heterocycles. The summed E-state index contributed by atoms with van der Waals surface area (Å²) in [6.45, 7) is 0.408. The highest BCUT2D eigenvalue weighted by Gasteiger charge is 2.48. The van der Waals surface area contributed by atoms with E-state index in [0.29, 0.717) is 29.6 Å². The average Bonchev–Trinajstić information content (AvgIpc) is 3.41. The number of rotatable bonds is 7. The molecule has 10 nitrogen and oxygen atoms in total. The predicted octanol–water partition coefficient (Wildman–Crippen LogP) is 1.80. The van der Waals surface area contributed by atoms with Crippen molar-refractivity contribution >= 4 is 17.3 Å². The fourth-order valence-corrected chi connectivity index (χ4v) is 3.48. The number of pyridine rings is 1. The van der Waals surface area contributed by atoms with Gasteiger partial charge in [-0.3, -0.25) is 9.59 Å². The first-order chi connectivity index (χ1) is 16.1. The number of benzene rings is 2. The lowest BCUT2D eigenvalue weighted by Gasteiger charge is -2.30. The summed E-state index contributed by atoms with van der Waals surface area (Å²) in [5.74, 6) is -0.614. The van der Waals surface area contributed by atoms with Crippen molar-refractivity contribution in [3.05, 3.63) is 72.4 Å². The van der Waals surface area contributed by atoms with Crippen LogP contribution in [0, 0.1) is 0 Å². The second-order valence-corrected chi connectivity index (χ2v) is 7.49. The van der Waals surface area contributed by atoms with E-state index in [9.17, 15) is 14.7 Å². The van der Waals surface area contributed by atoms with Crippen molar-refractivity contribution in [1.29, 1.82) is 0 Å². The first-order valence-corrected chi connectivity index (χ1v) is 10.1. The van der Waals surface area contributed by atoms with Crippen molar-refractivity contribution in [1.82, 2.24) is 25.6 Å². The van der Waals surface area contributed by atoms with E-state index in [0.717, 1.165) is 16.7 Å². The van der Waals surface area contributed by atoms with E-state index in [1.807, 2.05) is 42.5 Å². The topological polar surface area (TPSA) is 143 Å². The fraction of sp³-hybridized carbons (Fsp3) is 0.130. The van der Waals surface area contributed by atoms with Crippen molar-refractivity contribution in [2.45, 2.75) is 18.8 Å². The number of aromatic amines is 1. The standard InChI is InChI=1S/C23H18N6O4/c30-20-19(21(31)22(20)32)25-17-9-15(8-16(10-17)23-26-28-29-27-23)14-6-7-18(24-11-14)33-12-13-4-2-1-3-5-13/h1-11,19-20,25,30H,12H2,(H,26,27,28,29). The molecule has 2 aromatic carbocycles. The Morgan fingerprint density at radius 1 is 0.970 bits per heavy atom. The van der Waals surface area contributed by atoms with E-state index in [4.69, 9.17) is 4.74 Å². The summed E-state index contributed by atoms with van der Waals surface area (Å²) in [7, 11) is 0. The Balaban J connectivity index is 1.40. The highest BCUT2D eigenvalue weighted by Crippen LogP contribution is 2.30. The Morgan fingerprint density at radius 3 is 2.48 bits per heavy atom. The summed E-state index contributed by atoms with van der Waals surface area (Å²) in [5, 5.41) is 26.7.